The number of aromatic amines is 1. The van der Waals surface area contributed by atoms with Gasteiger partial charge in [0.15, 0.2) is 0 Å². The lowest BCUT2D eigenvalue weighted by molar-refractivity contribution is -0.143. The van der Waals surface area contributed by atoms with Gasteiger partial charge in [-0.1, -0.05) is 45.9 Å². The van der Waals surface area contributed by atoms with Crippen LogP contribution in [0.4, 0.5) is 0 Å². The van der Waals surface area contributed by atoms with Crippen LogP contribution in [0.1, 0.15) is 52.5 Å². The fraction of sp³-hybridized carbons (Fsp3) is 0.519. The highest BCUT2D eigenvalue weighted by atomic mass is 16.4. The van der Waals surface area contributed by atoms with Gasteiger partial charge in [0.1, 0.15) is 18.1 Å². The maximum absolute atomic E-state index is 13.5. The third kappa shape index (κ3) is 9.40. The molecule has 0 spiro atoms. The van der Waals surface area contributed by atoms with Gasteiger partial charge in [0, 0.05) is 29.9 Å². The summed E-state index contributed by atoms with van der Waals surface area (Å²) < 4.78 is 0. The monoisotopic (exact) mass is 544 g/mol. The van der Waals surface area contributed by atoms with Crippen molar-refractivity contribution in [2.75, 3.05) is 0 Å². The zero-order chi connectivity index (χ0) is 29.3. The maximum atomic E-state index is 13.5. The summed E-state index contributed by atoms with van der Waals surface area (Å²) in [5, 5.41) is 18.1. The van der Waals surface area contributed by atoms with E-state index in [0.29, 0.717) is 6.42 Å². The zero-order valence-electron chi connectivity index (χ0n) is 22.8. The van der Waals surface area contributed by atoms with Gasteiger partial charge in [-0.2, -0.15) is 0 Å². The maximum Gasteiger partial charge on any atom is 0.326 e. The van der Waals surface area contributed by atoms with Crippen LogP contribution in [-0.4, -0.2) is 63.9 Å². The van der Waals surface area contributed by atoms with Crippen molar-refractivity contribution < 1.29 is 29.1 Å². The highest BCUT2D eigenvalue weighted by molar-refractivity contribution is 5.95. The first-order chi connectivity index (χ1) is 18.3. The lowest BCUT2D eigenvalue weighted by atomic mass is 9.99. The molecule has 0 saturated carbocycles. The van der Waals surface area contributed by atoms with Crippen LogP contribution >= 0.6 is 0 Å². The second kappa shape index (κ2) is 14.3. The van der Waals surface area contributed by atoms with E-state index >= 15 is 0 Å². The summed E-state index contributed by atoms with van der Waals surface area (Å²) in [5.74, 6) is -4.14. The number of hydrogen-bond acceptors (Lipinski definition) is 6. The summed E-state index contributed by atoms with van der Waals surface area (Å²) >= 11 is 0. The van der Waals surface area contributed by atoms with Crippen LogP contribution < -0.4 is 27.4 Å². The fourth-order valence-electron chi connectivity index (χ4n) is 4.22. The quantitative estimate of drug-likeness (QED) is 0.169. The standard InChI is InChI=1S/C27H40N6O6/c1-14(2)11-18(28)24(35)32-21(12-16-13-30-19-8-6-5-7-17(16)19)25(36)33-23(15(3)4)26(37)31-20(27(38)39)9-10-22(29)34/h5-8,13-15,18,20-21,23,30H,9-12,28H2,1-4H3,(H2,29,34)(H,31,37)(H,32,35)(H,33,36)(H,38,39). The Morgan fingerprint density at radius 2 is 1.56 bits per heavy atom. The molecular formula is C27H40N6O6. The molecular weight excluding hydrogens is 504 g/mol. The first kappa shape index (κ1) is 31.3. The van der Waals surface area contributed by atoms with Crippen LogP contribution in [0.25, 0.3) is 10.9 Å². The van der Waals surface area contributed by atoms with Crippen molar-refractivity contribution in [2.45, 2.75) is 77.5 Å². The molecule has 0 radical (unpaired) electrons. The normalized spacial score (nSPS) is 14.4. The summed E-state index contributed by atoms with van der Waals surface area (Å²) in [6, 6.07) is 3.16. The van der Waals surface area contributed by atoms with E-state index in [-0.39, 0.29) is 25.2 Å². The number of nitrogens with one attached hydrogen (secondary N) is 4. The lowest BCUT2D eigenvalue weighted by Crippen LogP contribution is -2.59. The van der Waals surface area contributed by atoms with E-state index in [1.807, 2.05) is 38.1 Å². The molecule has 0 aliphatic heterocycles. The molecule has 0 aliphatic carbocycles. The summed E-state index contributed by atoms with van der Waals surface area (Å²) in [5.41, 5.74) is 12.8. The third-order valence-electron chi connectivity index (χ3n) is 6.33. The molecule has 0 aliphatic rings. The second-order valence-electron chi connectivity index (χ2n) is 10.5. The molecule has 12 heteroatoms. The number of hydrogen-bond donors (Lipinski definition) is 7. The second-order valence-corrected chi connectivity index (χ2v) is 10.5. The number of para-hydroxylation sites is 1. The van der Waals surface area contributed by atoms with Crippen molar-refractivity contribution in [1.82, 2.24) is 20.9 Å². The molecule has 39 heavy (non-hydrogen) atoms. The van der Waals surface area contributed by atoms with Gasteiger partial charge < -0.3 is 37.5 Å². The molecule has 0 bridgehead atoms. The number of aromatic nitrogens is 1. The van der Waals surface area contributed by atoms with Crippen LogP contribution in [0.3, 0.4) is 0 Å². The van der Waals surface area contributed by atoms with Gasteiger partial charge in [-0.3, -0.25) is 19.2 Å². The van der Waals surface area contributed by atoms with Gasteiger partial charge in [0.05, 0.1) is 6.04 Å². The minimum absolute atomic E-state index is 0.124. The van der Waals surface area contributed by atoms with Gasteiger partial charge in [0.2, 0.25) is 23.6 Å². The number of amides is 4. The molecule has 4 atom stereocenters. The Bertz CT molecular complexity index is 1180. The molecule has 4 unspecified atom stereocenters. The number of benzene rings is 1. The number of H-pyrrole nitrogens is 1. The number of fused-ring (bicyclic) bond motifs is 1. The van der Waals surface area contributed by atoms with E-state index < -0.39 is 59.7 Å². The highest BCUT2D eigenvalue weighted by Gasteiger charge is 2.32. The Labute approximate surface area is 227 Å². The number of nitrogens with two attached hydrogens (primary N) is 2. The van der Waals surface area contributed by atoms with E-state index in [0.717, 1.165) is 16.5 Å². The summed E-state index contributed by atoms with van der Waals surface area (Å²) in [6.07, 6.45) is 1.88. The van der Waals surface area contributed by atoms with E-state index in [1.54, 1.807) is 20.0 Å². The van der Waals surface area contributed by atoms with E-state index in [2.05, 4.69) is 20.9 Å². The molecule has 0 fully saturated rings. The third-order valence-corrected chi connectivity index (χ3v) is 6.33. The lowest BCUT2D eigenvalue weighted by Gasteiger charge is -2.27. The van der Waals surface area contributed by atoms with Gasteiger partial charge in [-0.05, 0) is 36.3 Å². The zero-order valence-corrected chi connectivity index (χ0v) is 22.8. The van der Waals surface area contributed by atoms with E-state index in [1.165, 1.54) is 0 Å². The molecule has 9 N–H and O–H groups in total. The number of carbonyl (C=O) groups excluding carboxylic acids is 4. The summed E-state index contributed by atoms with van der Waals surface area (Å²) in [7, 11) is 0. The Morgan fingerprint density at radius 3 is 2.15 bits per heavy atom. The Balaban J connectivity index is 2.27. The Kier molecular flexibility index (Phi) is 11.5. The molecule has 1 aromatic heterocycles. The first-order valence-corrected chi connectivity index (χ1v) is 13.0. The van der Waals surface area contributed by atoms with Crippen molar-refractivity contribution in [3.63, 3.8) is 0 Å². The Morgan fingerprint density at radius 1 is 0.923 bits per heavy atom. The smallest absolute Gasteiger partial charge is 0.326 e. The fourth-order valence-corrected chi connectivity index (χ4v) is 4.22. The average Bonchev–Trinajstić information content (AvgIpc) is 3.26. The molecule has 0 saturated heterocycles. The number of carboxylic acids is 1. The molecule has 2 aromatic rings. The van der Waals surface area contributed by atoms with E-state index in [9.17, 15) is 29.1 Å². The Hall–Kier alpha value is -3.93. The van der Waals surface area contributed by atoms with Crippen molar-refractivity contribution in [1.29, 1.82) is 0 Å². The van der Waals surface area contributed by atoms with Crippen LogP contribution in [0.5, 0.6) is 0 Å². The molecule has 2 rings (SSSR count). The van der Waals surface area contributed by atoms with Gasteiger partial charge in [0.25, 0.3) is 0 Å². The van der Waals surface area contributed by atoms with Crippen molar-refractivity contribution in [3.8, 4) is 0 Å². The topological polar surface area (TPSA) is 209 Å². The molecule has 1 aromatic carbocycles. The largest absolute Gasteiger partial charge is 0.480 e. The number of rotatable bonds is 15. The van der Waals surface area contributed by atoms with Crippen LogP contribution in [-0.2, 0) is 30.4 Å². The number of primary amides is 1. The summed E-state index contributed by atoms with van der Waals surface area (Å²) in [6.45, 7) is 7.25. The van der Waals surface area contributed by atoms with Crippen LogP contribution in [0.15, 0.2) is 30.5 Å². The van der Waals surface area contributed by atoms with Gasteiger partial charge in [-0.15, -0.1) is 0 Å². The molecule has 214 valence electrons. The predicted molar refractivity (Wildman–Crippen MR) is 146 cm³/mol. The highest BCUT2D eigenvalue weighted by Crippen LogP contribution is 2.19. The summed E-state index contributed by atoms with van der Waals surface area (Å²) in [4.78, 5) is 65.3. The number of aliphatic carboxylic acids is 1. The van der Waals surface area contributed by atoms with Gasteiger partial charge >= 0.3 is 5.97 Å². The molecule has 1 heterocycles. The predicted octanol–water partition coefficient (Wildman–Crippen LogP) is 0.544. The first-order valence-electron chi connectivity index (χ1n) is 13.0. The van der Waals surface area contributed by atoms with E-state index in [4.69, 9.17) is 11.5 Å². The molecule has 4 amide bonds. The van der Waals surface area contributed by atoms with Gasteiger partial charge in [-0.25, -0.2) is 4.79 Å². The van der Waals surface area contributed by atoms with Crippen LogP contribution in [0, 0.1) is 11.8 Å². The van der Waals surface area contributed by atoms with Crippen molar-refractivity contribution >= 4 is 40.5 Å². The van der Waals surface area contributed by atoms with Crippen molar-refractivity contribution in [3.05, 3.63) is 36.0 Å². The van der Waals surface area contributed by atoms with Crippen molar-refractivity contribution in [2.24, 2.45) is 23.3 Å². The minimum Gasteiger partial charge on any atom is -0.480 e. The minimum atomic E-state index is -1.36. The average molecular weight is 545 g/mol. The van der Waals surface area contributed by atoms with Crippen LogP contribution in [0.2, 0.25) is 0 Å². The number of carboxylic acid groups (broad SMARTS) is 1. The number of carbonyl (C=O) groups is 5. The SMILES string of the molecule is CC(C)CC(N)C(=O)NC(Cc1c[nH]c2ccccc12)C(=O)NC(C(=O)NC(CCC(N)=O)C(=O)O)C(C)C. The molecule has 12 nitrogen and oxygen atoms in total.